The molecule has 0 saturated carbocycles. The summed E-state index contributed by atoms with van der Waals surface area (Å²) in [6.45, 7) is 11.7. The number of ether oxygens (including phenoxy) is 2. The molecule has 0 aliphatic heterocycles. The summed E-state index contributed by atoms with van der Waals surface area (Å²) < 4.78 is 13.8. The van der Waals surface area contributed by atoms with Gasteiger partial charge >= 0.3 is 0 Å². The number of rotatable bonds is 8. The lowest BCUT2D eigenvalue weighted by Crippen LogP contribution is -2.27. The number of anilines is 1. The van der Waals surface area contributed by atoms with Crippen molar-refractivity contribution in [1.29, 1.82) is 0 Å². The van der Waals surface area contributed by atoms with Gasteiger partial charge in [-0.2, -0.15) is 5.10 Å². The maximum Gasteiger partial charge on any atom is 0.228 e. The van der Waals surface area contributed by atoms with Gasteiger partial charge < -0.3 is 19.9 Å². The fourth-order valence-corrected chi connectivity index (χ4v) is 3.74. The predicted molar refractivity (Wildman–Crippen MR) is 144 cm³/mol. The first-order valence-corrected chi connectivity index (χ1v) is 12.2. The van der Waals surface area contributed by atoms with Crippen LogP contribution in [0.4, 0.5) is 5.69 Å². The molecule has 2 aromatic carbocycles. The van der Waals surface area contributed by atoms with Crippen LogP contribution in [0.1, 0.15) is 45.7 Å². The maximum atomic E-state index is 12.6. The van der Waals surface area contributed by atoms with Crippen LogP contribution >= 0.6 is 0 Å². The van der Waals surface area contributed by atoms with E-state index in [0.717, 1.165) is 22.0 Å². The Kier molecular flexibility index (Phi) is 7.23. The Labute approximate surface area is 217 Å². The van der Waals surface area contributed by atoms with Crippen LogP contribution < -0.4 is 14.8 Å². The standard InChI is InChI=1S/C29H34N4O4/c1-19-13-20(14-27(34)32-21-16-31-33(17-21)28(2,3)4)7-10-25(19)37-26-11-12-30-24-9-8-22(15-23(24)26)36-18-29(5,6)35/h7-13,15-17,35H,14,18H2,1-6H3,(H,32,34). The Balaban J connectivity index is 1.46. The van der Waals surface area contributed by atoms with Crippen molar-refractivity contribution in [2.45, 2.75) is 59.1 Å². The van der Waals surface area contributed by atoms with Crippen molar-refractivity contribution in [3.8, 4) is 17.2 Å². The minimum atomic E-state index is -0.937. The third-order valence-electron chi connectivity index (χ3n) is 5.64. The van der Waals surface area contributed by atoms with E-state index in [1.165, 1.54) is 0 Å². The number of pyridine rings is 1. The van der Waals surface area contributed by atoms with Gasteiger partial charge in [-0.3, -0.25) is 14.5 Å². The second-order valence-electron chi connectivity index (χ2n) is 10.9. The van der Waals surface area contributed by atoms with Gasteiger partial charge in [-0.25, -0.2) is 0 Å². The van der Waals surface area contributed by atoms with Crippen LogP contribution in [0, 0.1) is 6.92 Å². The Hall–Kier alpha value is -3.91. The molecule has 8 heteroatoms. The van der Waals surface area contributed by atoms with Crippen LogP contribution in [0.2, 0.25) is 0 Å². The van der Waals surface area contributed by atoms with E-state index in [2.05, 4.69) is 36.2 Å². The second-order valence-corrected chi connectivity index (χ2v) is 10.9. The van der Waals surface area contributed by atoms with E-state index in [1.54, 1.807) is 32.3 Å². The number of hydrogen-bond acceptors (Lipinski definition) is 6. The Bertz CT molecular complexity index is 1410. The normalized spacial score (nSPS) is 12.0. The first kappa shape index (κ1) is 26.2. The number of nitrogens with zero attached hydrogens (tertiary/aromatic N) is 3. The number of aryl methyl sites for hydroxylation is 1. The molecule has 8 nitrogen and oxygen atoms in total. The van der Waals surface area contributed by atoms with Gasteiger partial charge in [0.25, 0.3) is 0 Å². The summed E-state index contributed by atoms with van der Waals surface area (Å²) in [5, 5.41) is 18.0. The van der Waals surface area contributed by atoms with E-state index >= 15 is 0 Å². The number of fused-ring (bicyclic) bond motifs is 1. The molecule has 0 atom stereocenters. The number of benzene rings is 2. The highest BCUT2D eigenvalue weighted by Gasteiger charge is 2.16. The molecule has 0 aliphatic rings. The first-order chi connectivity index (χ1) is 17.4. The van der Waals surface area contributed by atoms with Crippen molar-refractivity contribution in [3.63, 3.8) is 0 Å². The molecular formula is C29H34N4O4. The zero-order valence-corrected chi connectivity index (χ0v) is 22.2. The van der Waals surface area contributed by atoms with Gasteiger partial charge in [0.2, 0.25) is 5.91 Å². The lowest BCUT2D eigenvalue weighted by molar-refractivity contribution is -0.115. The molecule has 0 spiro atoms. The highest BCUT2D eigenvalue weighted by atomic mass is 16.5. The summed E-state index contributed by atoms with van der Waals surface area (Å²) in [5.74, 6) is 1.84. The number of amides is 1. The van der Waals surface area contributed by atoms with E-state index in [0.29, 0.717) is 22.9 Å². The molecule has 37 heavy (non-hydrogen) atoms. The van der Waals surface area contributed by atoms with Gasteiger partial charge in [-0.05, 0) is 83.0 Å². The number of carbonyl (C=O) groups excluding carboxylic acids is 1. The van der Waals surface area contributed by atoms with Gasteiger partial charge in [0.15, 0.2) is 0 Å². The smallest absolute Gasteiger partial charge is 0.228 e. The third-order valence-corrected chi connectivity index (χ3v) is 5.64. The van der Waals surface area contributed by atoms with E-state index in [-0.39, 0.29) is 24.5 Å². The maximum absolute atomic E-state index is 12.6. The monoisotopic (exact) mass is 502 g/mol. The minimum absolute atomic E-state index is 0.111. The average molecular weight is 503 g/mol. The molecule has 2 N–H and O–H groups in total. The van der Waals surface area contributed by atoms with Crippen LogP contribution in [0.5, 0.6) is 17.2 Å². The van der Waals surface area contributed by atoms with E-state index in [1.807, 2.05) is 54.2 Å². The predicted octanol–water partition coefficient (Wildman–Crippen LogP) is 5.62. The average Bonchev–Trinajstić information content (AvgIpc) is 3.28. The minimum Gasteiger partial charge on any atom is -0.491 e. The lowest BCUT2D eigenvalue weighted by Gasteiger charge is -2.18. The lowest BCUT2D eigenvalue weighted by atomic mass is 10.1. The third kappa shape index (κ3) is 6.86. The Morgan fingerprint density at radius 1 is 1.05 bits per heavy atom. The van der Waals surface area contributed by atoms with Crippen molar-refractivity contribution >= 4 is 22.5 Å². The summed E-state index contributed by atoms with van der Waals surface area (Å²) in [5.41, 5.74) is 2.15. The number of hydrogen-bond donors (Lipinski definition) is 2. The SMILES string of the molecule is Cc1cc(CC(=O)Nc2cnn(C(C)(C)C)c2)ccc1Oc1ccnc2ccc(OCC(C)(C)O)cc12. The summed E-state index contributed by atoms with van der Waals surface area (Å²) in [4.78, 5) is 17.0. The van der Waals surface area contributed by atoms with Gasteiger partial charge in [0, 0.05) is 17.8 Å². The largest absolute Gasteiger partial charge is 0.491 e. The molecule has 0 saturated heterocycles. The van der Waals surface area contributed by atoms with Crippen molar-refractivity contribution < 1.29 is 19.4 Å². The van der Waals surface area contributed by atoms with Crippen LogP contribution in [0.3, 0.4) is 0 Å². The van der Waals surface area contributed by atoms with Gasteiger partial charge in [0.05, 0.1) is 35.0 Å². The summed E-state index contributed by atoms with van der Waals surface area (Å²) in [6, 6.07) is 13.1. The highest BCUT2D eigenvalue weighted by Crippen LogP contribution is 2.33. The summed E-state index contributed by atoms with van der Waals surface area (Å²) in [6.07, 6.45) is 5.43. The van der Waals surface area contributed by atoms with Crippen molar-refractivity contribution in [1.82, 2.24) is 14.8 Å². The Morgan fingerprint density at radius 2 is 1.84 bits per heavy atom. The van der Waals surface area contributed by atoms with E-state index in [9.17, 15) is 9.90 Å². The van der Waals surface area contributed by atoms with Crippen LogP contribution in [0.25, 0.3) is 10.9 Å². The molecule has 0 unspecified atom stereocenters. The van der Waals surface area contributed by atoms with Crippen molar-refractivity contribution in [2.75, 3.05) is 11.9 Å². The molecule has 2 heterocycles. The Morgan fingerprint density at radius 3 is 2.51 bits per heavy atom. The molecule has 0 aliphatic carbocycles. The number of nitrogens with one attached hydrogen (secondary N) is 1. The van der Waals surface area contributed by atoms with Gasteiger partial charge in [0.1, 0.15) is 23.9 Å². The van der Waals surface area contributed by atoms with Gasteiger partial charge in [-0.15, -0.1) is 0 Å². The quantitative estimate of drug-likeness (QED) is 0.325. The molecular weight excluding hydrogens is 468 g/mol. The molecule has 0 radical (unpaired) electrons. The first-order valence-electron chi connectivity index (χ1n) is 12.2. The molecule has 4 rings (SSSR count). The summed E-state index contributed by atoms with van der Waals surface area (Å²) in [7, 11) is 0. The molecule has 0 bridgehead atoms. The highest BCUT2D eigenvalue weighted by molar-refractivity contribution is 5.92. The molecule has 0 fully saturated rings. The van der Waals surface area contributed by atoms with E-state index in [4.69, 9.17) is 9.47 Å². The topological polar surface area (TPSA) is 98.5 Å². The van der Waals surface area contributed by atoms with Crippen LogP contribution in [-0.2, 0) is 16.8 Å². The van der Waals surface area contributed by atoms with Crippen molar-refractivity contribution in [2.24, 2.45) is 0 Å². The molecule has 194 valence electrons. The van der Waals surface area contributed by atoms with Crippen LogP contribution in [-0.4, -0.2) is 38.0 Å². The molecule has 1 amide bonds. The number of aliphatic hydroxyl groups is 1. The number of aromatic nitrogens is 3. The van der Waals surface area contributed by atoms with E-state index < -0.39 is 5.60 Å². The number of carbonyl (C=O) groups is 1. The molecule has 2 aromatic heterocycles. The molecule has 4 aromatic rings. The van der Waals surface area contributed by atoms with Crippen LogP contribution in [0.15, 0.2) is 61.1 Å². The fraction of sp³-hybridized carbons (Fsp3) is 0.345. The van der Waals surface area contributed by atoms with Gasteiger partial charge in [-0.1, -0.05) is 12.1 Å². The summed E-state index contributed by atoms with van der Waals surface area (Å²) >= 11 is 0. The fourth-order valence-electron chi connectivity index (χ4n) is 3.74. The zero-order chi connectivity index (χ0) is 26.8. The zero-order valence-electron chi connectivity index (χ0n) is 22.2. The van der Waals surface area contributed by atoms with Crippen molar-refractivity contribution in [3.05, 3.63) is 72.2 Å². The second kappa shape index (κ2) is 10.2.